The fourth-order valence-corrected chi connectivity index (χ4v) is 3.18. The molecule has 0 aromatic heterocycles. The molecule has 1 saturated heterocycles. The van der Waals surface area contributed by atoms with Gasteiger partial charge in [0.05, 0.1) is 19.8 Å². The summed E-state index contributed by atoms with van der Waals surface area (Å²) in [6.07, 6.45) is -1.13. The number of aliphatic hydroxyl groups excluding tert-OH is 1. The Bertz CT molecular complexity index is 607. The molecule has 0 aliphatic carbocycles. The van der Waals surface area contributed by atoms with E-state index in [1.165, 1.54) is 0 Å². The number of ether oxygens (including phenoxy) is 3. The molecule has 0 amide bonds. The van der Waals surface area contributed by atoms with E-state index >= 15 is 0 Å². The van der Waals surface area contributed by atoms with Gasteiger partial charge in [0.25, 0.3) is 0 Å². The molecule has 3 rings (SSSR count). The zero-order valence-corrected chi connectivity index (χ0v) is 14.2. The van der Waals surface area contributed by atoms with E-state index in [4.69, 9.17) is 14.2 Å². The standard InChI is InChI=1S/C19H22O4S/c20-11-16-17(21-12-14-7-3-1-4-8-14)18(19(24)23-16)22-13-15-9-5-2-6-10-15/h1-10,16-20,24H,11-13H2/t16-,17+,18-,19+/m1/s1. The van der Waals surface area contributed by atoms with E-state index in [9.17, 15) is 5.11 Å². The van der Waals surface area contributed by atoms with Crippen LogP contribution in [0, 0.1) is 0 Å². The summed E-state index contributed by atoms with van der Waals surface area (Å²) in [6.45, 7) is 0.772. The lowest BCUT2D eigenvalue weighted by Crippen LogP contribution is -2.37. The number of hydrogen-bond acceptors (Lipinski definition) is 5. The van der Waals surface area contributed by atoms with E-state index in [-0.39, 0.29) is 18.8 Å². The Morgan fingerprint density at radius 2 is 1.33 bits per heavy atom. The number of hydrogen-bond donors (Lipinski definition) is 2. The summed E-state index contributed by atoms with van der Waals surface area (Å²) in [5.41, 5.74) is 1.72. The molecule has 0 spiro atoms. The van der Waals surface area contributed by atoms with Crippen LogP contribution >= 0.6 is 12.6 Å². The molecular weight excluding hydrogens is 324 g/mol. The molecule has 4 atom stereocenters. The Kier molecular flexibility index (Phi) is 6.29. The van der Waals surface area contributed by atoms with Crippen LogP contribution in [0.4, 0.5) is 0 Å². The van der Waals surface area contributed by atoms with Gasteiger partial charge in [0.2, 0.25) is 0 Å². The maximum absolute atomic E-state index is 9.56. The van der Waals surface area contributed by atoms with Crippen molar-refractivity contribution in [3.05, 3.63) is 71.8 Å². The molecular formula is C19H22O4S. The molecule has 1 fully saturated rings. The number of aliphatic hydroxyl groups is 1. The first-order valence-electron chi connectivity index (χ1n) is 8.03. The van der Waals surface area contributed by atoms with Crippen molar-refractivity contribution >= 4 is 12.6 Å². The van der Waals surface area contributed by atoms with Crippen molar-refractivity contribution < 1.29 is 19.3 Å². The summed E-state index contributed by atoms with van der Waals surface area (Å²) in [7, 11) is 0. The highest BCUT2D eigenvalue weighted by Gasteiger charge is 2.44. The summed E-state index contributed by atoms with van der Waals surface area (Å²) < 4.78 is 17.7. The lowest BCUT2D eigenvalue weighted by Gasteiger charge is -2.23. The molecule has 1 heterocycles. The molecule has 128 valence electrons. The van der Waals surface area contributed by atoms with E-state index < -0.39 is 11.5 Å². The van der Waals surface area contributed by atoms with Crippen molar-refractivity contribution in [1.82, 2.24) is 0 Å². The summed E-state index contributed by atoms with van der Waals surface area (Å²) in [5.74, 6) is 0. The maximum Gasteiger partial charge on any atom is 0.129 e. The average molecular weight is 346 g/mol. The van der Waals surface area contributed by atoms with Crippen molar-refractivity contribution in [3.8, 4) is 0 Å². The molecule has 24 heavy (non-hydrogen) atoms. The second-order valence-electron chi connectivity index (χ2n) is 5.77. The van der Waals surface area contributed by atoms with Crippen LogP contribution in [-0.4, -0.2) is 35.5 Å². The van der Waals surface area contributed by atoms with Crippen LogP contribution in [0.15, 0.2) is 60.7 Å². The first-order valence-corrected chi connectivity index (χ1v) is 8.55. The zero-order valence-electron chi connectivity index (χ0n) is 13.3. The molecule has 0 saturated carbocycles. The van der Waals surface area contributed by atoms with Crippen LogP contribution in [0.5, 0.6) is 0 Å². The van der Waals surface area contributed by atoms with Crippen LogP contribution < -0.4 is 0 Å². The van der Waals surface area contributed by atoms with E-state index in [0.29, 0.717) is 13.2 Å². The predicted molar refractivity (Wildman–Crippen MR) is 94.8 cm³/mol. The molecule has 1 aliphatic heterocycles. The SMILES string of the molecule is OC[C@H]1O[C@@H](S)[C@H](OCc2ccccc2)[C@H]1OCc1ccccc1. The van der Waals surface area contributed by atoms with Gasteiger partial charge in [0.15, 0.2) is 0 Å². The summed E-state index contributed by atoms with van der Waals surface area (Å²) in [4.78, 5) is 0. The molecule has 0 bridgehead atoms. The number of benzene rings is 2. The van der Waals surface area contributed by atoms with Crippen LogP contribution in [0.2, 0.25) is 0 Å². The molecule has 4 nitrogen and oxygen atoms in total. The van der Waals surface area contributed by atoms with E-state index in [1.807, 2.05) is 60.7 Å². The largest absolute Gasteiger partial charge is 0.394 e. The Hall–Kier alpha value is -1.37. The van der Waals surface area contributed by atoms with Gasteiger partial charge in [-0.25, -0.2) is 0 Å². The van der Waals surface area contributed by atoms with Gasteiger partial charge in [-0.1, -0.05) is 60.7 Å². The molecule has 2 aromatic rings. The average Bonchev–Trinajstić information content (AvgIpc) is 2.94. The van der Waals surface area contributed by atoms with Crippen LogP contribution in [0.1, 0.15) is 11.1 Å². The van der Waals surface area contributed by atoms with Gasteiger partial charge < -0.3 is 19.3 Å². The van der Waals surface area contributed by atoms with Crippen LogP contribution in [0.3, 0.4) is 0 Å². The Morgan fingerprint density at radius 3 is 1.83 bits per heavy atom. The van der Waals surface area contributed by atoms with Gasteiger partial charge in [-0.3, -0.25) is 0 Å². The predicted octanol–water partition coefficient (Wildman–Crippen LogP) is 2.80. The smallest absolute Gasteiger partial charge is 0.129 e. The molecule has 1 aliphatic rings. The van der Waals surface area contributed by atoms with Crippen LogP contribution in [0.25, 0.3) is 0 Å². The minimum Gasteiger partial charge on any atom is -0.394 e. The minimum atomic E-state index is -0.433. The van der Waals surface area contributed by atoms with Gasteiger partial charge in [-0.2, -0.15) is 0 Å². The van der Waals surface area contributed by atoms with Crippen molar-refractivity contribution in [1.29, 1.82) is 0 Å². The maximum atomic E-state index is 9.56. The second kappa shape index (κ2) is 8.65. The van der Waals surface area contributed by atoms with Crippen molar-refractivity contribution in [2.45, 2.75) is 37.0 Å². The highest BCUT2D eigenvalue weighted by atomic mass is 32.1. The van der Waals surface area contributed by atoms with E-state index in [1.54, 1.807) is 0 Å². The van der Waals surface area contributed by atoms with Crippen LogP contribution in [-0.2, 0) is 27.4 Å². The third-order valence-corrected chi connectivity index (χ3v) is 4.45. The fourth-order valence-electron chi connectivity index (χ4n) is 2.77. The fraction of sp³-hybridized carbons (Fsp3) is 0.368. The van der Waals surface area contributed by atoms with Gasteiger partial charge in [-0.15, -0.1) is 12.6 Å². The zero-order chi connectivity index (χ0) is 16.8. The summed E-state index contributed by atoms with van der Waals surface area (Å²) >= 11 is 4.45. The third kappa shape index (κ3) is 4.37. The van der Waals surface area contributed by atoms with Gasteiger partial charge in [-0.05, 0) is 11.1 Å². The lowest BCUT2D eigenvalue weighted by atomic mass is 10.1. The summed E-state index contributed by atoms with van der Waals surface area (Å²) in [5, 5.41) is 9.56. The van der Waals surface area contributed by atoms with E-state index in [2.05, 4.69) is 12.6 Å². The monoisotopic (exact) mass is 346 g/mol. The lowest BCUT2D eigenvalue weighted by molar-refractivity contribution is -0.0816. The molecule has 2 aromatic carbocycles. The van der Waals surface area contributed by atoms with Crippen molar-refractivity contribution in [3.63, 3.8) is 0 Å². The molecule has 0 unspecified atom stereocenters. The Labute approximate surface area is 147 Å². The highest BCUT2D eigenvalue weighted by molar-refractivity contribution is 7.80. The first kappa shape index (κ1) is 17.5. The topological polar surface area (TPSA) is 47.9 Å². The third-order valence-electron chi connectivity index (χ3n) is 4.04. The van der Waals surface area contributed by atoms with Gasteiger partial charge in [0.1, 0.15) is 23.7 Å². The minimum absolute atomic E-state index is 0.123. The highest BCUT2D eigenvalue weighted by Crippen LogP contribution is 2.30. The summed E-state index contributed by atoms with van der Waals surface area (Å²) in [6, 6.07) is 19.8. The number of rotatable bonds is 7. The molecule has 1 N–H and O–H groups in total. The van der Waals surface area contributed by atoms with Crippen molar-refractivity contribution in [2.24, 2.45) is 0 Å². The van der Waals surface area contributed by atoms with Gasteiger partial charge >= 0.3 is 0 Å². The molecule has 5 heteroatoms. The Balaban J connectivity index is 1.63. The van der Waals surface area contributed by atoms with Crippen molar-refractivity contribution in [2.75, 3.05) is 6.61 Å². The molecule has 0 radical (unpaired) electrons. The quantitative estimate of drug-likeness (QED) is 0.757. The van der Waals surface area contributed by atoms with E-state index in [0.717, 1.165) is 11.1 Å². The first-order chi connectivity index (χ1) is 11.8. The normalized spacial score (nSPS) is 26.6. The second-order valence-corrected chi connectivity index (χ2v) is 6.28. The van der Waals surface area contributed by atoms with Gasteiger partial charge in [0, 0.05) is 0 Å². The Morgan fingerprint density at radius 1 is 0.833 bits per heavy atom. The number of thiol groups is 1.